The molecule has 1 aromatic carbocycles. The van der Waals surface area contributed by atoms with Crippen molar-refractivity contribution >= 4 is 11.6 Å². The minimum atomic E-state index is -0.923. The van der Waals surface area contributed by atoms with E-state index in [2.05, 4.69) is 38.4 Å². The van der Waals surface area contributed by atoms with Gasteiger partial charge in [-0.15, -0.1) is 5.10 Å². The third-order valence-corrected chi connectivity index (χ3v) is 5.20. The number of benzene rings is 1. The van der Waals surface area contributed by atoms with Gasteiger partial charge in [-0.25, -0.2) is 13.5 Å². The second kappa shape index (κ2) is 7.63. The van der Waals surface area contributed by atoms with Crippen LogP contribution < -0.4 is 5.32 Å². The highest BCUT2D eigenvalue weighted by molar-refractivity contribution is 5.57. The summed E-state index contributed by atoms with van der Waals surface area (Å²) in [5.74, 6) is -0.948. The topological polar surface area (TPSA) is 58.9 Å². The molecular formula is C20H22F2N6. The smallest absolute Gasteiger partial charge is 0.247 e. The van der Waals surface area contributed by atoms with Crippen LogP contribution in [-0.4, -0.2) is 44.8 Å². The first kappa shape index (κ1) is 18.5. The molecule has 8 heteroatoms. The molecule has 3 heterocycles. The van der Waals surface area contributed by atoms with Gasteiger partial charge in [0.2, 0.25) is 5.95 Å². The fraction of sp³-hybridized carbons (Fsp3) is 0.350. The standard InChI is InChI=1S/C20H22F2N6/c1-13-19(9-15(11-23-13)14-5-7-27(2)8-6-14)25-20-24-12-28(26-20)16-3-4-17(21)18(22)10-16/h3-4,9-12,14H,5-8H2,1-2H3,(H,25,26). The van der Waals surface area contributed by atoms with E-state index in [1.165, 1.54) is 22.6 Å². The van der Waals surface area contributed by atoms with Crippen molar-refractivity contribution in [2.24, 2.45) is 0 Å². The van der Waals surface area contributed by atoms with Crippen molar-refractivity contribution in [3.8, 4) is 5.69 Å². The van der Waals surface area contributed by atoms with Gasteiger partial charge in [0.25, 0.3) is 0 Å². The molecule has 0 spiro atoms. The molecule has 4 rings (SSSR count). The van der Waals surface area contributed by atoms with Crippen LogP contribution in [0.1, 0.15) is 30.0 Å². The van der Waals surface area contributed by atoms with Crippen LogP contribution >= 0.6 is 0 Å². The maximum absolute atomic E-state index is 13.5. The quantitative estimate of drug-likeness (QED) is 0.741. The van der Waals surface area contributed by atoms with Crippen LogP contribution in [0.5, 0.6) is 0 Å². The zero-order chi connectivity index (χ0) is 19.7. The highest BCUT2D eigenvalue weighted by atomic mass is 19.2. The third kappa shape index (κ3) is 3.87. The number of anilines is 2. The number of rotatable bonds is 4. The molecule has 1 fully saturated rings. The summed E-state index contributed by atoms with van der Waals surface area (Å²) in [6.45, 7) is 4.09. The minimum absolute atomic E-state index is 0.371. The van der Waals surface area contributed by atoms with E-state index in [1.807, 2.05) is 13.1 Å². The Balaban J connectivity index is 1.53. The van der Waals surface area contributed by atoms with Crippen molar-refractivity contribution < 1.29 is 8.78 Å². The van der Waals surface area contributed by atoms with Crippen LogP contribution in [0.4, 0.5) is 20.4 Å². The van der Waals surface area contributed by atoms with E-state index in [4.69, 9.17) is 0 Å². The molecule has 0 bridgehead atoms. The molecule has 1 N–H and O–H groups in total. The van der Waals surface area contributed by atoms with Crippen LogP contribution in [0.2, 0.25) is 0 Å². The molecule has 2 aromatic heterocycles. The van der Waals surface area contributed by atoms with Crippen molar-refractivity contribution in [1.29, 1.82) is 0 Å². The van der Waals surface area contributed by atoms with Gasteiger partial charge in [0.15, 0.2) is 11.6 Å². The van der Waals surface area contributed by atoms with Crippen LogP contribution in [0, 0.1) is 18.6 Å². The Bertz CT molecular complexity index is 979. The number of aryl methyl sites for hydroxylation is 1. The fourth-order valence-electron chi connectivity index (χ4n) is 3.43. The van der Waals surface area contributed by atoms with Gasteiger partial charge in [-0.2, -0.15) is 4.98 Å². The summed E-state index contributed by atoms with van der Waals surface area (Å²) in [5.41, 5.74) is 3.30. The average molecular weight is 384 g/mol. The molecule has 0 unspecified atom stereocenters. The lowest BCUT2D eigenvalue weighted by molar-refractivity contribution is 0.255. The van der Waals surface area contributed by atoms with E-state index in [1.54, 1.807) is 0 Å². The van der Waals surface area contributed by atoms with Crippen molar-refractivity contribution in [2.45, 2.75) is 25.7 Å². The minimum Gasteiger partial charge on any atom is -0.321 e. The first-order chi connectivity index (χ1) is 13.5. The molecule has 0 atom stereocenters. The lowest BCUT2D eigenvalue weighted by atomic mass is 9.90. The summed E-state index contributed by atoms with van der Waals surface area (Å²) >= 11 is 0. The molecule has 3 aromatic rings. The summed E-state index contributed by atoms with van der Waals surface area (Å²) in [4.78, 5) is 11.1. The van der Waals surface area contributed by atoms with Crippen LogP contribution in [0.15, 0.2) is 36.8 Å². The number of likely N-dealkylation sites (tertiary alicyclic amines) is 1. The number of nitrogens with one attached hydrogen (secondary N) is 1. The molecule has 0 radical (unpaired) electrons. The zero-order valence-electron chi connectivity index (χ0n) is 15.9. The summed E-state index contributed by atoms with van der Waals surface area (Å²) in [5, 5.41) is 7.50. The summed E-state index contributed by atoms with van der Waals surface area (Å²) in [7, 11) is 2.14. The molecule has 0 aliphatic carbocycles. The van der Waals surface area contributed by atoms with E-state index < -0.39 is 11.6 Å². The molecule has 6 nitrogen and oxygen atoms in total. The van der Waals surface area contributed by atoms with Crippen LogP contribution in [-0.2, 0) is 0 Å². The van der Waals surface area contributed by atoms with Crippen LogP contribution in [0.3, 0.4) is 0 Å². The molecule has 146 valence electrons. The molecule has 1 aliphatic rings. The lowest BCUT2D eigenvalue weighted by Gasteiger charge is -2.29. The molecule has 1 aliphatic heterocycles. The molecule has 0 amide bonds. The first-order valence-corrected chi connectivity index (χ1v) is 9.29. The predicted octanol–water partition coefficient (Wildman–Crippen LogP) is 3.80. The van der Waals surface area contributed by atoms with E-state index >= 15 is 0 Å². The summed E-state index contributed by atoms with van der Waals surface area (Å²) in [6, 6.07) is 5.71. The normalized spacial score (nSPS) is 15.7. The van der Waals surface area contributed by atoms with Gasteiger partial charge in [-0.05, 0) is 69.6 Å². The van der Waals surface area contributed by atoms with Crippen molar-refractivity contribution in [2.75, 3.05) is 25.5 Å². The van der Waals surface area contributed by atoms with Gasteiger partial charge in [-0.3, -0.25) is 4.98 Å². The Morgan fingerprint density at radius 2 is 1.86 bits per heavy atom. The molecule has 28 heavy (non-hydrogen) atoms. The van der Waals surface area contributed by atoms with Gasteiger partial charge in [-0.1, -0.05) is 0 Å². The second-order valence-electron chi connectivity index (χ2n) is 7.22. The highest BCUT2D eigenvalue weighted by Gasteiger charge is 2.19. The van der Waals surface area contributed by atoms with Gasteiger partial charge in [0, 0.05) is 12.3 Å². The average Bonchev–Trinajstić information content (AvgIpc) is 3.15. The Kier molecular flexibility index (Phi) is 5.04. The van der Waals surface area contributed by atoms with Crippen molar-refractivity contribution in [3.05, 3.63) is 59.7 Å². The van der Waals surface area contributed by atoms with Gasteiger partial charge >= 0.3 is 0 Å². The zero-order valence-corrected chi connectivity index (χ0v) is 15.9. The monoisotopic (exact) mass is 384 g/mol. The van der Waals surface area contributed by atoms with Gasteiger partial charge in [0.1, 0.15) is 6.33 Å². The van der Waals surface area contributed by atoms with Gasteiger partial charge < -0.3 is 10.2 Å². The fourth-order valence-corrected chi connectivity index (χ4v) is 3.43. The number of hydrogen-bond donors (Lipinski definition) is 1. The Morgan fingerprint density at radius 1 is 1.07 bits per heavy atom. The molecular weight excluding hydrogens is 362 g/mol. The Hall–Kier alpha value is -2.87. The maximum Gasteiger partial charge on any atom is 0.247 e. The molecule has 0 saturated carbocycles. The van der Waals surface area contributed by atoms with Crippen molar-refractivity contribution in [3.63, 3.8) is 0 Å². The Morgan fingerprint density at radius 3 is 2.61 bits per heavy atom. The summed E-state index contributed by atoms with van der Waals surface area (Å²) < 4.78 is 28.0. The highest BCUT2D eigenvalue weighted by Crippen LogP contribution is 2.30. The number of aromatic nitrogens is 4. The number of pyridine rings is 1. The molecule has 1 saturated heterocycles. The summed E-state index contributed by atoms with van der Waals surface area (Å²) in [6.07, 6.45) is 5.63. The van der Waals surface area contributed by atoms with Crippen LogP contribution in [0.25, 0.3) is 5.69 Å². The predicted molar refractivity (Wildman–Crippen MR) is 103 cm³/mol. The maximum atomic E-state index is 13.5. The first-order valence-electron chi connectivity index (χ1n) is 9.29. The number of hydrogen-bond acceptors (Lipinski definition) is 5. The van der Waals surface area contributed by atoms with Crippen molar-refractivity contribution in [1.82, 2.24) is 24.6 Å². The number of piperidine rings is 1. The number of nitrogens with zero attached hydrogens (tertiary/aromatic N) is 5. The Labute approximate surface area is 162 Å². The second-order valence-corrected chi connectivity index (χ2v) is 7.22. The number of halogens is 2. The van der Waals surface area contributed by atoms with Gasteiger partial charge in [0.05, 0.1) is 17.1 Å². The van der Waals surface area contributed by atoms with E-state index in [9.17, 15) is 8.78 Å². The van der Waals surface area contributed by atoms with E-state index in [0.29, 0.717) is 17.6 Å². The largest absolute Gasteiger partial charge is 0.321 e. The lowest BCUT2D eigenvalue weighted by Crippen LogP contribution is -2.29. The third-order valence-electron chi connectivity index (χ3n) is 5.20. The van der Waals surface area contributed by atoms with E-state index in [0.717, 1.165) is 49.4 Å². The SMILES string of the molecule is Cc1ncc(C2CCN(C)CC2)cc1Nc1ncn(-c2ccc(F)c(F)c2)n1. The van der Waals surface area contributed by atoms with E-state index in [-0.39, 0.29) is 0 Å².